The average Bonchev–Trinajstić information content (AvgIpc) is 2.47. The summed E-state index contributed by atoms with van der Waals surface area (Å²) in [5.41, 5.74) is -3.83. The fourth-order valence-electron chi connectivity index (χ4n) is 2.34. The zero-order chi connectivity index (χ0) is 25.8. The van der Waals surface area contributed by atoms with Crippen molar-refractivity contribution in [3.05, 3.63) is 22.2 Å². The summed E-state index contributed by atoms with van der Waals surface area (Å²) in [7, 11) is 0. The lowest BCUT2D eigenvalue weighted by Gasteiger charge is -2.22. The highest BCUT2D eigenvalue weighted by Crippen LogP contribution is 2.37. The standard InChI is InChI=1S/C21H32N4O8/c1-19(2,3)31-16(26)22-12-10-13(23-17(27)32-20(4,5)6)15(25(29)30)14(11-12)24-18(28)33-21(7,8)9/h10-11H,1-9H3,(H,22,26)(H,23,27)(H,24,28). The minimum Gasteiger partial charge on any atom is -0.444 e. The van der Waals surface area contributed by atoms with E-state index in [1.165, 1.54) is 0 Å². The highest BCUT2D eigenvalue weighted by atomic mass is 16.6. The molecule has 3 N–H and O–H groups in total. The second-order valence-corrected chi connectivity index (χ2v) is 10.1. The molecule has 1 aromatic rings. The fourth-order valence-corrected chi connectivity index (χ4v) is 2.34. The molecule has 12 heteroatoms. The zero-order valence-electron chi connectivity index (χ0n) is 20.4. The topological polar surface area (TPSA) is 158 Å². The molecular formula is C21H32N4O8. The molecule has 0 atom stereocenters. The van der Waals surface area contributed by atoms with Gasteiger partial charge in [-0.15, -0.1) is 0 Å². The summed E-state index contributed by atoms with van der Waals surface area (Å²) < 4.78 is 15.5. The first-order valence-electron chi connectivity index (χ1n) is 10.1. The van der Waals surface area contributed by atoms with E-state index in [2.05, 4.69) is 16.0 Å². The SMILES string of the molecule is CC(C)(C)OC(=O)Nc1cc(NC(=O)OC(C)(C)C)c([N+](=O)[O-])c(NC(=O)OC(C)(C)C)c1. The van der Waals surface area contributed by atoms with Crippen molar-refractivity contribution < 1.29 is 33.5 Å². The molecule has 1 aromatic carbocycles. The molecule has 0 bridgehead atoms. The molecule has 0 unspecified atom stereocenters. The van der Waals surface area contributed by atoms with Crippen LogP contribution in [-0.4, -0.2) is 40.0 Å². The molecule has 0 aromatic heterocycles. The van der Waals surface area contributed by atoms with Gasteiger partial charge in [0, 0.05) is 5.69 Å². The molecule has 0 saturated carbocycles. The van der Waals surface area contributed by atoms with Gasteiger partial charge in [-0.1, -0.05) is 0 Å². The Hall–Kier alpha value is -3.57. The molecule has 184 valence electrons. The van der Waals surface area contributed by atoms with E-state index < -0.39 is 45.7 Å². The number of nitrogens with one attached hydrogen (secondary N) is 3. The van der Waals surface area contributed by atoms with Crippen LogP contribution in [0.1, 0.15) is 62.3 Å². The number of hydrogen-bond donors (Lipinski definition) is 3. The molecular weight excluding hydrogens is 436 g/mol. The number of nitrogens with zero attached hydrogens (tertiary/aromatic N) is 1. The van der Waals surface area contributed by atoms with Gasteiger partial charge in [0.25, 0.3) is 0 Å². The lowest BCUT2D eigenvalue weighted by Crippen LogP contribution is -2.29. The summed E-state index contributed by atoms with van der Waals surface area (Å²) in [5, 5.41) is 18.8. The molecule has 0 aliphatic heterocycles. The predicted molar refractivity (Wildman–Crippen MR) is 123 cm³/mol. The molecule has 1 rings (SSSR count). The van der Waals surface area contributed by atoms with Crippen molar-refractivity contribution in [1.82, 2.24) is 0 Å². The summed E-state index contributed by atoms with van der Waals surface area (Å²) in [6, 6.07) is 2.29. The third kappa shape index (κ3) is 10.5. The van der Waals surface area contributed by atoms with E-state index in [9.17, 15) is 24.5 Å². The number of ether oxygens (including phenoxy) is 3. The highest BCUT2D eigenvalue weighted by molar-refractivity contribution is 5.99. The lowest BCUT2D eigenvalue weighted by molar-refractivity contribution is -0.383. The van der Waals surface area contributed by atoms with Gasteiger partial charge < -0.3 is 14.2 Å². The molecule has 0 aliphatic carbocycles. The number of amides is 3. The van der Waals surface area contributed by atoms with Crippen molar-refractivity contribution in [1.29, 1.82) is 0 Å². The highest BCUT2D eigenvalue weighted by Gasteiger charge is 2.28. The first-order chi connectivity index (χ1) is 14.8. The number of carbonyl (C=O) groups excluding carboxylic acids is 3. The molecule has 12 nitrogen and oxygen atoms in total. The minimum absolute atomic E-state index is 0.00645. The van der Waals surface area contributed by atoms with Crippen LogP contribution in [0.25, 0.3) is 0 Å². The van der Waals surface area contributed by atoms with Crippen molar-refractivity contribution in [3.63, 3.8) is 0 Å². The van der Waals surface area contributed by atoms with Gasteiger partial charge >= 0.3 is 24.0 Å². The second kappa shape index (κ2) is 9.92. The third-order valence-electron chi connectivity index (χ3n) is 3.21. The number of carbonyl (C=O) groups is 3. The summed E-state index contributed by atoms with van der Waals surface area (Å²) in [4.78, 5) is 47.7. The van der Waals surface area contributed by atoms with E-state index in [-0.39, 0.29) is 17.1 Å². The molecule has 0 spiro atoms. The Morgan fingerprint density at radius 2 is 1.00 bits per heavy atom. The Balaban J connectivity index is 3.45. The zero-order valence-corrected chi connectivity index (χ0v) is 20.4. The molecule has 0 aliphatic rings. The smallest absolute Gasteiger partial charge is 0.412 e. The molecule has 3 amide bonds. The number of benzene rings is 1. The largest absolute Gasteiger partial charge is 0.444 e. The number of nitro groups is 1. The van der Waals surface area contributed by atoms with E-state index in [1.54, 1.807) is 62.3 Å². The molecule has 33 heavy (non-hydrogen) atoms. The molecule has 0 fully saturated rings. The second-order valence-electron chi connectivity index (χ2n) is 10.1. The maximum absolute atomic E-state index is 12.3. The van der Waals surface area contributed by atoms with Gasteiger partial charge in [-0.3, -0.25) is 26.1 Å². The Bertz CT molecular complexity index is 873. The summed E-state index contributed by atoms with van der Waals surface area (Å²) in [6.45, 7) is 14.7. The number of anilines is 3. The lowest BCUT2D eigenvalue weighted by atomic mass is 10.2. The number of rotatable bonds is 4. The molecule has 0 saturated heterocycles. The summed E-state index contributed by atoms with van der Waals surface area (Å²) in [6.07, 6.45) is -2.78. The first kappa shape index (κ1) is 27.5. The Morgan fingerprint density at radius 1 is 0.697 bits per heavy atom. The summed E-state index contributed by atoms with van der Waals surface area (Å²) in [5.74, 6) is 0. The van der Waals surface area contributed by atoms with Crippen LogP contribution in [0.3, 0.4) is 0 Å². The Kier molecular flexibility index (Phi) is 8.26. The van der Waals surface area contributed by atoms with Gasteiger partial charge in [-0.2, -0.15) is 0 Å². The van der Waals surface area contributed by atoms with Crippen LogP contribution in [0.5, 0.6) is 0 Å². The number of hydrogen-bond acceptors (Lipinski definition) is 8. The van der Waals surface area contributed by atoms with Crippen LogP contribution in [0.2, 0.25) is 0 Å². The summed E-state index contributed by atoms with van der Waals surface area (Å²) >= 11 is 0. The van der Waals surface area contributed by atoms with Crippen molar-refractivity contribution in [2.24, 2.45) is 0 Å². The quantitative estimate of drug-likeness (QED) is 0.291. The van der Waals surface area contributed by atoms with Gasteiger partial charge in [0.15, 0.2) is 0 Å². The van der Waals surface area contributed by atoms with E-state index in [0.717, 1.165) is 12.1 Å². The maximum atomic E-state index is 12.3. The minimum atomic E-state index is -0.969. The maximum Gasteiger partial charge on any atom is 0.412 e. The fraction of sp³-hybridized carbons (Fsp3) is 0.571. The van der Waals surface area contributed by atoms with E-state index in [0.29, 0.717) is 0 Å². The van der Waals surface area contributed by atoms with E-state index in [4.69, 9.17) is 14.2 Å². The third-order valence-corrected chi connectivity index (χ3v) is 3.21. The van der Waals surface area contributed by atoms with Crippen molar-refractivity contribution in [3.8, 4) is 0 Å². The van der Waals surface area contributed by atoms with Crippen LogP contribution in [-0.2, 0) is 14.2 Å². The number of nitro benzene ring substituents is 1. The molecule has 0 radical (unpaired) electrons. The van der Waals surface area contributed by atoms with Crippen molar-refractivity contribution in [2.45, 2.75) is 79.1 Å². The predicted octanol–water partition coefficient (Wildman–Crippen LogP) is 5.64. The van der Waals surface area contributed by atoms with Gasteiger partial charge in [-0.05, 0) is 74.4 Å². The van der Waals surface area contributed by atoms with E-state index >= 15 is 0 Å². The van der Waals surface area contributed by atoms with Crippen molar-refractivity contribution in [2.75, 3.05) is 16.0 Å². The van der Waals surface area contributed by atoms with Gasteiger partial charge in [0.2, 0.25) is 0 Å². The van der Waals surface area contributed by atoms with Crippen LogP contribution < -0.4 is 16.0 Å². The van der Waals surface area contributed by atoms with E-state index in [1.807, 2.05) is 0 Å². The van der Waals surface area contributed by atoms with Crippen LogP contribution in [0, 0.1) is 10.1 Å². The van der Waals surface area contributed by atoms with Crippen LogP contribution in [0.4, 0.5) is 37.1 Å². The van der Waals surface area contributed by atoms with Crippen molar-refractivity contribution >= 4 is 41.0 Å². The molecule has 0 heterocycles. The normalized spacial score (nSPS) is 11.8. The van der Waals surface area contributed by atoms with Gasteiger partial charge in [-0.25, -0.2) is 14.4 Å². The Morgan fingerprint density at radius 3 is 1.27 bits per heavy atom. The van der Waals surface area contributed by atoms with Crippen LogP contribution >= 0.6 is 0 Å². The monoisotopic (exact) mass is 468 g/mol. The Labute approximate surface area is 192 Å². The van der Waals surface area contributed by atoms with Gasteiger partial charge in [0.1, 0.15) is 28.2 Å². The average molecular weight is 469 g/mol. The van der Waals surface area contributed by atoms with Gasteiger partial charge in [0.05, 0.1) is 4.92 Å². The first-order valence-corrected chi connectivity index (χ1v) is 10.1. The van der Waals surface area contributed by atoms with Crippen LogP contribution in [0.15, 0.2) is 12.1 Å².